The Morgan fingerprint density at radius 3 is 2.69 bits per heavy atom. The average molecular weight is 414 g/mol. The van der Waals surface area contributed by atoms with Gasteiger partial charge in [0.05, 0.1) is 23.0 Å². The van der Waals surface area contributed by atoms with Gasteiger partial charge in [0.2, 0.25) is 0 Å². The van der Waals surface area contributed by atoms with Gasteiger partial charge in [-0.3, -0.25) is 9.63 Å². The molecular formula is C20H22N4O4S. The third kappa shape index (κ3) is 4.02. The van der Waals surface area contributed by atoms with Crippen LogP contribution in [0.15, 0.2) is 53.4 Å². The predicted molar refractivity (Wildman–Crippen MR) is 108 cm³/mol. The number of nitrogens with one attached hydrogen (secondary N) is 2. The molecule has 1 aliphatic heterocycles. The summed E-state index contributed by atoms with van der Waals surface area (Å²) in [4.78, 5) is 29.3. The van der Waals surface area contributed by atoms with Gasteiger partial charge >= 0.3 is 0 Å². The molecule has 1 atom stereocenters. The summed E-state index contributed by atoms with van der Waals surface area (Å²) in [7, 11) is -2.52. The number of hydrogen-bond acceptors (Lipinski definition) is 5. The molecule has 1 unspecified atom stereocenters. The number of aromatic nitrogens is 2. The van der Waals surface area contributed by atoms with Gasteiger partial charge in [-0.2, -0.15) is 0 Å². The number of imidazole rings is 1. The molecule has 2 N–H and O–H groups in total. The van der Waals surface area contributed by atoms with E-state index in [1.54, 1.807) is 4.90 Å². The third-order valence-corrected chi connectivity index (χ3v) is 6.39. The molecular weight excluding hydrogens is 392 g/mol. The highest BCUT2D eigenvalue weighted by Crippen LogP contribution is 2.27. The van der Waals surface area contributed by atoms with Crippen molar-refractivity contribution >= 4 is 27.0 Å². The number of carbonyl (C=O) groups is 1. The van der Waals surface area contributed by atoms with Crippen molar-refractivity contribution in [1.82, 2.24) is 19.8 Å². The molecule has 0 spiro atoms. The maximum absolute atomic E-state index is 12.9. The first kappa shape index (κ1) is 19.6. The normalized spacial score (nSPS) is 17.6. The molecule has 8 nitrogen and oxygen atoms in total. The molecule has 2 heterocycles. The Hall–Kier alpha value is -2.75. The summed E-state index contributed by atoms with van der Waals surface area (Å²) in [6.45, 7) is 1.24. The first-order chi connectivity index (χ1) is 14.0. The molecule has 29 heavy (non-hydrogen) atoms. The van der Waals surface area contributed by atoms with E-state index >= 15 is 0 Å². The van der Waals surface area contributed by atoms with Gasteiger partial charge < -0.3 is 9.88 Å². The molecule has 3 aromatic rings. The maximum Gasteiger partial charge on any atom is 0.262 e. The summed E-state index contributed by atoms with van der Waals surface area (Å²) < 4.78 is 23.9. The average Bonchev–Trinajstić information content (AvgIpc) is 3.18. The number of para-hydroxylation sites is 2. The van der Waals surface area contributed by atoms with E-state index in [4.69, 9.17) is 0 Å². The summed E-state index contributed by atoms with van der Waals surface area (Å²) in [5.74, 6) is 0.927. The summed E-state index contributed by atoms with van der Waals surface area (Å²) in [5.41, 5.74) is 2.37. The van der Waals surface area contributed by atoms with E-state index in [-0.39, 0.29) is 16.7 Å². The zero-order valence-electron chi connectivity index (χ0n) is 16.0. The van der Waals surface area contributed by atoms with Gasteiger partial charge in [0.15, 0.2) is 0 Å². The SMILES string of the molecule is CONS(=O)(=O)c1ccc(C(=O)N2CCCC(c3nc4ccccc4[nH]3)C2)cc1. The minimum atomic E-state index is -3.74. The largest absolute Gasteiger partial charge is 0.342 e. The minimum Gasteiger partial charge on any atom is -0.342 e. The monoisotopic (exact) mass is 414 g/mol. The molecule has 1 fully saturated rings. The van der Waals surface area contributed by atoms with Crippen molar-refractivity contribution in [2.45, 2.75) is 23.7 Å². The van der Waals surface area contributed by atoms with Gasteiger partial charge in [-0.15, -0.1) is 0 Å². The Morgan fingerprint density at radius 2 is 1.97 bits per heavy atom. The first-order valence-electron chi connectivity index (χ1n) is 9.37. The van der Waals surface area contributed by atoms with Crippen LogP contribution in [-0.2, 0) is 14.9 Å². The Kier molecular flexibility index (Phi) is 5.35. The number of hydrogen-bond donors (Lipinski definition) is 2. The second-order valence-corrected chi connectivity index (χ2v) is 8.69. The second-order valence-electron chi connectivity index (χ2n) is 7.04. The van der Waals surface area contributed by atoms with E-state index in [1.165, 1.54) is 31.4 Å². The summed E-state index contributed by atoms with van der Waals surface area (Å²) in [6, 6.07) is 13.7. The highest BCUT2D eigenvalue weighted by atomic mass is 32.2. The number of benzene rings is 2. The zero-order valence-corrected chi connectivity index (χ0v) is 16.8. The quantitative estimate of drug-likeness (QED) is 0.624. The van der Waals surface area contributed by atoms with Crippen molar-refractivity contribution in [3.63, 3.8) is 0 Å². The maximum atomic E-state index is 12.9. The molecule has 0 bridgehead atoms. The van der Waals surface area contributed by atoms with Crippen LogP contribution >= 0.6 is 0 Å². The molecule has 1 aliphatic rings. The van der Waals surface area contributed by atoms with E-state index in [2.05, 4.69) is 14.8 Å². The Morgan fingerprint density at radius 1 is 1.21 bits per heavy atom. The van der Waals surface area contributed by atoms with Crippen LogP contribution < -0.4 is 4.89 Å². The van der Waals surface area contributed by atoms with Gasteiger partial charge in [0.25, 0.3) is 15.9 Å². The van der Waals surface area contributed by atoms with E-state index < -0.39 is 10.0 Å². The zero-order chi connectivity index (χ0) is 20.4. The number of likely N-dealkylation sites (tertiary alicyclic amines) is 1. The fourth-order valence-electron chi connectivity index (χ4n) is 3.67. The lowest BCUT2D eigenvalue weighted by atomic mass is 9.96. The second kappa shape index (κ2) is 7.94. The number of H-pyrrole nitrogens is 1. The van der Waals surface area contributed by atoms with Crippen molar-refractivity contribution in [1.29, 1.82) is 0 Å². The topological polar surface area (TPSA) is 104 Å². The Labute approximate surface area is 168 Å². The first-order valence-corrected chi connectivity index (χ1v) is 10.8. The summed E-state index contributed by atoms with van der Waals surface area (Å²) in [5, 5.41) is 0. The fourth-order valence-corrected chi connectivity index (χ4v) is 4.48. The van der Waals surface area contributed by atoms with Crippen LogP contribution in [0.1, 0.15) is 34.9 Å². The van der Waals surface area contributed by atoms with Gasteiger partial charge in [0, 0.05) is 24.6 Å². The lowest BCUT2D eigenvalue weighted by molar-refractivity contribution is 0.0705. The minimum absolute atomic E-state index is 0.0368. The van der Waals surface area contributed by atoms with Crippen LogP contribution in [0.2, 0.25) is 0 Å². The predicted octanol–water partition coefficient (Wildman–Crippen LogP) is 2.42. The highest BCUT2D eigenvalue weighted by Gasteiger charge is 2.27. The van der Waals surface area contributed by atoms with Crippen LogP contribution in [-0.4, -0.2) is 49.4 Å². The molecule has 1 amide bonds. The van der Waals surface area contributed by atoms with Crippen molar-refractivity contribution in [2.24, 2.45) is 0 Å². The third-order valence-electron chi connectivity index (χ3n) is 5.11. The Bertz CT molecular complexity index is 1090. The molecule has 9 heteroatoms. The van der Waals surface area contributed by atoms with Gasteiger partial charge in [-0.25, -0.2) is 13.4 Å². The molecule has 2 aromatic carbocycles. The van der Waals surface area contributed by atoms with E-state index in [0.29, 0.717) is 18.7 Å². The number of fused-ring (bicyclic) bond motifs is 1. The van der Waals surface area contributed by atoms with Crippen molar-refractivity contribution in [2.75, 3.05) is 20.2 Å². The number of nitrogens with zero attached hydrogens (tertiary/aromatic N) is 2. The van der Waals surface area contributed by atoms with Crippen LogP contribution in [0.25, 0.3) is 11.0 Å². The lowest BCUT2D eigenvalue weighted by Gasteiger charge is -2.32. The van der Waals surface area contributed by atoms with Gasteiger partial charge in [0.1, 0.15) is 5.82 Å². The standard InChI is InChI=1S/C20H22N4O4S/c1-28-23-29(26,27)16-10-8-14(9-11-16)20(25)24-12-4-5-15(13-24)19-21-17-6-2-3-7-18(17)22-19/h2-3,6-11,15,23H,4-5,12-13H2,1H3,(H,21,22). The molecule has 152 valence electrons. The van der Waals surface area contributed by atoms with Crippen LogP contribution in [0, 0.1) is 0 Å². The van der Waals surface area contributed by atoms with Crippen LogP contribution in [0.5, 0.6) is 0 Å². The van der Waals surface area contributed by atoms with Crippen molar-refractivity contribution in [3.8, 4) is 0 Å². The molecule has 1 saturated heterocycles. The fraction of sp³-hybridized carbons (Fsp3) is 0.300. The molecule has 1 aromatic heterocycles. The number of carbonyl (C=O) groups excluding carboxylic acids is 1. The highest BCUT2D eigenvalue weighted by molar-refractivity contribution is 7.89. The number of piperidine rings is 1. The smallest absolute Gasteiger partial charge is 0.262 e. The van der Waals surface area contributed by atoms with E-state index in [0.717, 1.165) is 29.7 Å². The molecule has 0 radical (unpaired) electrons. The molecule has 4 rings (SSSR count). The number of rotatable bonds is 5. The van der Waals surface area contributed by atoms with E-state index in [9.17, 15) is 13.2 Å². The van der Waals surface area contributed by atoms with Crippen molar-refractivity contribution in [3.05, 3.63) is 59.9 Å². The number of aromatic amines is 1. The van der Waals surface area contributed by atoms with Gasteiger partial charge in [-0.05, 0) is 49.2 Å². The van der Waals surface area contributed by atoms with E-state index in [1.807, 2.05) is 29.2 Å². The molecule has 0 aliphatic carbocycles. The molecule has 0 saturated carbocycles. The number of sulfonamides is 1. The summed E-state index contributed by atoms with van der Waals surface area (Å²) in [6.07, 6.45) is 1.85. The van der Waals surface area contributed by atoms with Crippen LogP contribution in [0.3, 0.4) is 0 Å². The van der Waals surface area contributed by atoms with Crippen LogP contribution in [0.4, 0.5) is 0 Å². The Balaban J connectivity index is 1.50. The lowest BCUT2D eigenvalue weighted by Crippen LogP contribution is -2.39. The summed E-state index contributed by atoms with van der Waals surface area (Å²) >= 11 is 0. The van der Waals surface area contributed by atoms with Gasteiger partial charge in [-0.1, -0.05) is 17.0 Å². The van der Waals surface area contributed by atoms with Crippen molar-refractivity contribution < 1.29 is 18.0 Å². The number of amides is 1.